The number of pyridine rings is 1. The van der Waals surface area contributed by atoms with Crippen LogP contribution in [0.4, 0.5) is 0 Å². The Morgan fingerprint density at radius 3 is 2.66 bits per heavy atom. The van der Waals surface area contributed by atoms with Crippen LogP contribution in [0.2, 0.25) is 0 Å². The molecule has 8 heteroatoms. The van der Waals surface area contributed by atoms with Crippen molar-refractivity contribution in [3.8, 4) is 11.5 Å². The molecule has 2 aromatic rings. The highest BCUT2D eigenvalue weighted by Crippen LogP contribution is 2.42. The monoisotopic (exact) mass is 438 g/mol. The molecule has 2 atom stereocenters. The van der Waals surface area contributed by atoms with E-state index in [1.807, 2.05) is 6.92 Å². The molecule has 168 valence electrons. The smallest absolute Gasteiger partial charge is 0.295 e. The maximum absolute atomic E-state index is 13.1. The quantitative estimate of drug-likeness (QED) is 0.403. The summed E-state index contributed by atoms with van der Waals surface area (Å²) in [4.78, 5) is 31.6. The van der Waals surface area contributed by atoms with Crippen molar-refractivity contribution in [3.63, 3.8) is 0 Å². The summed E-state index contributed by atoms with van der Waals surface area (Å²) in [5.74, 6) is -0.581. The maximum atomic E-state index is 13.1. The number of aliphatic hydroxyl groups is 1. The van der Waals surface area contributed by atoms with Gasteiger partial charge in [0.2, 0.25) is 0 Å². The third kappa shape index (κ3) is 4.05. The van der Waals surface area contributed by atoms with E-state index in [-0.39, 0.29) is 24.0 Å². The fourth-order valence-corrected chi connectivity index (χ4v) is 4.22. The highest BCUT2D eigenvalue weighted by atomic mass is 16.5. The predicted octanol–water partition coefficient (Wildman–Crippen LogP) is 3.09. The zero-order chi connectivity index (χ0) is 22.7. The zero-order valence-corrected chi connectivity index (χ0v) is 18.1. The van der Waals surface area contributed by atoms with E-state index in [1.54, 1.807) is 30.3 Å². The van der Waals surface area contributed by atoms with Crippen LogP contribution >= 0.6 is 0 Å². The van der Waals surface area contributed by atoms with Crippen LogP contribution in [0.1, 0.15) is 36.9 Å². The molecule has 2 fully saturated rings. The van der Waals surface area contributed by atoms with E-state index in [1.165, 1.54) is 24.4 Å². The van der Waals surface area contributed by atoms with Gasteiger partial charge in [0.05, 0.1) is 31.4 Å². The van der Waals surface area contributed by atoms with Gasteiger partial charge in [0.1, 0.15) is 5.76 Å². The van der Waals surface area contributed by atoms with Crippen molar-refractivity contribution in [1.82, 2.24) is 9.88 Å². The summed E-state index contributed by atoms with van der Waals surface area (Å²) >= 11 is 0. The highest BCUT2D eigenvalue weighted by molar-refractivity contribution is 6.46. The van der Waals surface area contributed by atoms with Crippen LogP contribution in [0.5, 0.6) is 11.5 Å². The molecule has 0 aliphatic carbocycles. The Bertz CT molecular complexity index is 1030. The van der Waals surface area contributed by atoms with Gasteiger partial charge < -0.3 is 24.2 Å². The number of likely N-dealkylation sites (tertiary alicyclic amines) is 1. The first kappa shape index (κ1) is 21.8. The number of carbonyl (C=O) groups is 2. The average Bonchev–Trinajstić information content (AvgIpc) is 3.42. The van der Waals surface area contributed by atoms with Gasteiger partial charge in [-0.05, 0) is 49.6 Å². The number of methoxy groups -OCH3 is 1. The number of amides is 1. The summed E-state index contributed by atoms with van der Waals surface area (Å²) in [6.45, 7) is 3.23. The number of rotatable bonds is 7. The lowest BCUT2D eigenvalue weighted by molar-refractivity contribution is -0.140. The van der Waals surface area contributed by atoms with E-state index in [2.05, 4.69) is 4.98 Å². The Balaban J connectivity index is 1.83. The lowest BCUT2D eigenvalue weighted by atomic mass is 9.95. The van der Waals surface area contributed by atoms with E-state index in [0.29, 0.717) is 35.8 Å². The van der Waals surface area contributed by atoms with Crippen molar-refractivity contribution in [3.05, 3.63) is 59.4 Å². The number of Topliss-reactive ketones (excluding diaryl/α,β-unsaturated/α-hetero) is 1. The summed E-state index contributed by atoms with van der Waals surface area (Å²) in [6, 6.07) is 7.68. The number of hydrogen-bond donors (Lipinski definition) is 1. The summed E-state index contributed by atoms with van der Waals surface area (Å²) < 4.78 is 16.8. The van der Waals surface area contributed by atoms with Crippen molar-refractivity contribution in [2.45, 2.75) is 31.9 Å². The van der Waals surface area contributed by atoms with Gasteiger partial charge in [-0.2, -0.15) is 0 Å². The van der Waals surface area contributed by atoms with E-state index in [0.717, 1.165) is 12.8 Å². The van der Waals surface area contributed by atoms with Gasteiger partial charge in [-0.1, -0.05) is 6.07 Å². The Labute approximate surface area is 186 Å². The van der Waals surface area contributed by atoms with E-state index in [4.69, 9.17) is 14.2 Å². The summed E-state index contributed by atoms with van der Waals surface area (Å²) in [5.41, 5.74) is 1.08. The predicted molar refractivity (Wildman–Crippen MR) is 116 cm³/mol. The number of benzene rings is 1. The van der Waals surface area contributed by atoms with Crippen molar-refractivity contribution in [1.29, 1.82) is 0 Å². The van der Waals surface area contributed by atoms with Gasteiger partial charge in [0.25, 0.3) is 11.7 Å². The molecule has 2 aliphatic rings. The number of aliphatic hydroxyl groups excluding tert-OH is 1. The molecule has 1 N–H and O–H groups in total. The number of ketones is 1. The Morgan fingerprint density at radius 2 is 2.00 bits per heavy atom. The first-order valence-corrected chi connectivity index (χ1v) is 10.7. The molecule has 1 aromatic carbocycles. The zero-order valence-electron chi connectivity index (χ0n) is 18.1. The molecule has 0 saturated carbocycles. The fraction of sp³-hybridized carbons (Fsp3) is 0.375. The Morgan fingerprint density at radius 1 is 1.22 bits per heavy atom. The molecular weight excluding hydrogens is 412 g/mol. The molecule has 1 aromatic heterocycles. The van der Waals surface area contributed by atoms with Crippen molar-refractivity contribution >= 4 is 17.4 Å². The van der Waals surface area contributed by atoms with Crippen molar-refractivity contribution < 1.29 is 28.9 Å². The minimum absolute atomic E-state index is 0.0328. The molecule has 32 heavy (non-hydrogen) atoms. The molecule has 0 bridgehead atoms. The van der Waals surface area contributed by atoms with Crippen LogP contribution < -0.4 is 9.47 Å². The Kier molecular flexibility index (Phi) is 6.41. The van der Waals surface area contributed by atoms with Gasteiger partial charge in [-0.25, -0.2) is 0 Å². The number of hydrogen-bond acceptors (Lipinski definition) is 7. The molecule has 2 saturated heterocycles. The molecule has 2 unspecified atom stereocenters. The largest absolute Gasteiger partial charge is 0.507 e. The van der Waals surface area contributed by atoms with Gasteiger partial charge in [-0.3, -0.25) is 14.6 Å². The lowest BCUT2D eigenvalue weighted by Gasteiger charge is -2.28. The second-order valence-electron chi connectivity index (χ2n) is 7.67. The summed E-state index contributed by atoms with van der Waals surface area (Å²) in [7, 11) is 1.53. The normalized spacial score (nSPS) is 22.4. The number of nitrogens with zero attached hydrogens (tertiary/aromatic N) is 2. The van der Waals surface area contributed by atoms with Crippen LogP contribution in [0.3, 0.4) is 0 Å². The first-order chi connectivity index (χ1) is 15.5. The minimum Gasteiger partial charge on any atom is -0.507 e. The SMILES string of the molecule is CCOc1ccc(C2/C(=C(/O)c3ccncc3)C(=O)C(=O)N2CC2CCCO2)cc1OC. The van der Waals surface area contributed by atoms with Crippen LogP contribution in [0, 0.1) is 0 Å². The molecule has 4 rings (SSSR count). The molecule has 3 heterocycles. The fourth-order valence-electron chi connectivity index (χ4n) is 4.22. The Hall–Kier alpha value is -3.39. The minimum atomic E-state index is -0.781. The highest BCUT2D eigenvalue weighted by Gasteiger charge is 2.47. The summed E-state index contributed by atoms with van der Waals surface area (Å²) in [5, 5.41) is 11.0. The molecule has 0 spiro atoms. The van der Waals surface area contributed by atoms with Gasteiger partial charge in [-0.15, -0.1) is 0 Å². The van der Waals surface area contributed by atoms with Crippen LogP contribution in [0.25, 0.3) is 5.76 Å². The molecule has 1 amide bonds. The number of carbonyl (C=O) groups excluding carboxylic acids is 2. The molecule has 2 aliphatic heterocycles. The second kappa shape index (κ2) is 9.40. The van der Waals surface area contributed by atoms with Crippen LogP contribution in [0.15, 0.2) is 48.3 Å². The third-order valence-corrected chi connectivity index (χ3v) is 5.72. The maximum Gasteiger partial charge on any atom is 0.295 e. The van der Waals surface area contributed by atoms with E-state index >= 15 is 0 Å². The topological polar surface area (TPSA) is 98.2 Å². The molecule has 0 radical (unpaired) electrons. The molecule has 8 nitrogen and oxygen atoms in total. The van der Waals surface area contributed by atoms with Crippen molar-refractivity contribution in [2.75, 3.05) is 26.9 Å². The standard InChI is InChI=1S/C24H26N2O6/c1-3-31-18-7-6-16(13-19(18)30-2)21-20(22(27)15-8-10-25-11-9-15)23(28)24(29)26(21)14-17-5-4-12-32-17/h6-11,13,17,21,27H,3-5,12,14H2,1-2H3/b22-20-. The molecular formula is C24H26N2O6. The van der Waals surface area contributed by atoms with Crippen molar-refractivity contribution in [2.24, 2.45) is 0 Å². The summed E-state index contributed by atoms with van der Waals surface area (Å²) in [6.07, 6.45) is 4.61. The van der Waals surface area contributed by atoms with Gasteiger partial charge in [0.15, 0.2) is 11.5 Å². The first-order valence-electron chi connectivity index (χ1n) is 10.7. The van der Waals surface area contributed by atoms with E-state index in [9.17, 15) is 14.7 Å². The van der Waals surface area contributed by atoms with E-state index < -0.39 is 17.7 Å². The average molecular weight is 438 g/mol. The van der Waals surface area contributed by atoms with Crippen LogP contribution in [-0.2, 0) is 14.3 Å². The van der Waals surface area contributed by atoms with Gasteiger partial charge in [0, 0.05) is 31.1 Å². The second-order valence-corrected chi connectivity index (χ2v) is 7.67. The number of aromatic nitrogens is 1. The van der Waals surface area contributed by atoms with Gasteiger partial charge >= 0.3 is 0 Å². The number of ether oxygens (including phenoxy) is 3. The third-order valence-electron chi connectivity index (χ3n) is 5.72. The lowest BCUT2D eigenvalue weighted by Crippen LogP contribution is -2.36. The van der Waals surface area contributed by atoms with Crippen LogP contribution in [-0.4, -0.2) is 59.7 Å².